The number of benzene rings is 1. The Balaban J connectivity index is 1.83. The van der Waals surface area contributed by atoms with E-state index in [1.54, 1.807) is 0 Å². The zero-order chi connectivity index (χ0) is 17.0. The fourth-order valence-electron chi connectivity index (χ4n) is 2.44. The van der Waals surface area contributed by atoms with Crippen LogP contribution < -0.4 is 0 Å². The third-order valence-corrected chi connectivity index (χ3v) is 3.97. The van der Waals surface area contributed by atoms with Crippen molar-refractivity contribution in [2.45, 2.75) is 39.9 Å². The van der Waals surface area contributed by atoms with Crippen LogP contribution in [0.4, 0.5) is 5.69 Å². The number of carbonyl (C=O) groups excluding carboxylic acids is 1. The van der Waals surface area contributed by atoms with E-state index in [0.717, 1.165) is 0 Å². The number of carbonyl (C=O) groups is 1. The molecular formula is C17H23NO5. The lowest BCUT2D eigenvalue weighted by atomic mass is 9.94. The van der Waals surface area contributed by atoms with Gasteiger partial charge in [-0.2, -0.15) is 0 Å². The first-order chi connectivity index (χ1) is 10.8. The van der Waals surface area contributed by atoms with E-state index in [0.29, 0.717) is 31.6 Å². The second-order valence-electron chi connectivity index (χ2n) is 6.90. The summed E-state index contributed by atoms with van der Waals surface area (Å²) in [5.74, 6) is 0.0935. The molecule has 0 N–H and O–H groups in total. The summed E-state index contributed by atoms with van der Waals surface area (Å²) < 4.78 is 11.5. The van der Waals surface area contributed by atoms with Crippen molar-refractivity contribution in [3.05, 3.63) is 39.9 Å². The van der Waals surface area contributed by atoms with E-state index >= 15 is 0 Å². The second-order valence-corrected chi connectivity index (χ2v) is 6.90. The molecule has 0 radical (unpaired) electrons. The Bertz CT molecular complexity index is 557. The first-order valence-electron chi connectivity index (χ1n) is 7.79. The van der Waals surface area contributed by atoms with Crippen LogP contribution in [0.15, 0.2) is 24.3 Å². The summed E-state index contributed by atoms with van der Waals surface area (Å²) in [7, 11) is 0. The highest BCUT2D eigenvalue weighted by Gasteiger charge is 2.31. The summed E-state index contributed by atoms with van der Waals surface area (Å²) in [6, 6.07) is 5.71. The molecule has 1 unspecified atom stereocenters. The maximum Gasteiger partial charge on any atom is 0.269 e. The van der Waals surface area contributed by atoms with Crippen molar-refractivity contribution >= 4 is 11.5 Å². The lowest BCUT2D eigenvalue weighted by molar-refractivity contribution is -0.384. The van der Waals surface area contributed by atoms with Crippen LogP contribution in [0.1, 0.15) is 44.0 Å². The summed E-state index contributed by atoms with van der Waals surface area (Å²) in [4.78, 5) is 22.3. The van der Waals surface area contributed by atoms with Gasteiger partial charge < -0.3 is 9.47 Å². The van der Waals surface area contributed by atoms with Crippen molar-refractivity contribution in [2.75, 3.05) is 13.2 Å². The molecule has 0 aliphatic carbocycles. The fourth-order valence-corrected chi connectivity index (χ4v) is 2.44. The molecule has 23 heavy (non-hydrogen) atoms. The summed E-state index contributed by atoms with van der Waals surface area (Å²) in [5, 5.41) is 10.6. The Hall–Kier alpha value is -1.79. The van der Waals surface area contributed by atoms with E-state index in [2.05, 4.69) is 13.8 Å². The van der Waals surface area contributed by atoms with Crippen LogP contribution in [0.25, 0.3) is 0 Å². The van der Waals surface area contributed by atoms with Crippen molar-refractivity contribution in [3.63, 3.8) is 0 Å². The molecule has 1 aliphatic heterocycles. The van der Waals surface area contributed by atoms with E-state index in [1.165, 1.54) is 24.3 Å². The molecule has 0 bridgehead atoms. The number of hydrogen-bond acceptors (Lipinski definition) is 5. The Labute approximate surface area is 135 Å². The van der Waals surface area contributed by atoms with E-state index in [4.69, 9.17) is 9.47 Å². The number of nitro benzene ring substituents is 1. The molecule has 0 spiro atoms. The maximum absolute atomic E-state index is 12.2. The van der Waals surface area contributed by atoms with E-state index in [1.807, 2.05) is 6.92 Å². The zero-order valence-corrected chi connectivity index (χ0v) is 13.8. The summed E-state index contributed by atoms with van der Waals surface area (Å²) in [6.45, 7) is 7.49. The van der Waals surface area contributed by atoms with E-state index in [-0.39, 0.29) is 29.1 Å². The minimum atomic E-state index is -0.477. The van der Waals surface area contributed by atoms with Crippen LogP contribution in [-0.4, -0.2) is 30.2 Å². The van der Waals surface area contributed by atoms with Crippen LogP contribution in [0.3, 0.4) is 0 Å². The van der Waals surface area contributed by atoms with Crippen molar-refractivity contribution < 1.29 is 19.2 Å². The molecule has 0 amide bonds. The molecule has 1 aliphatic rings. The van der Waals surface area contributed by atoms with Crippen molar-refractivity contribution in [1.82, 2.24) is 0 Å². The van der Waals surface area contributed by atoms with Gasteiger partial charge in [0.05, 0.1) is 18.1 Å². The summed E-state index contributed by atoms with van der Waals surface area (Å²) in [5.41, 5.74) is 0.515. The molecule has 1 aromatic carbocycles. The Morgan fingerprint density at radius 2 is 1.87 bits per heavy atom. The summed E-state index contributed by atoms with van der Waals surface area (Å²) >= 11 is 0. The molecule has 0 aromatic heterocycles. The molecule has 1 saturated heterocycles. The predicted octanol–water partition coefficient (Wildman–Crippen LogP) is 3.59. The molecular weight excluding hydrogens is 298 g/mol. The standard InChI is InChI=1S/C17H23NO5/c1-12(16-22-10-17(2,3)11-23-16)4-9-15(19)13-5-7-14(8-6-13)18(20)21/h5-8,12,16H,4,9-11H2,1-3H3. The van der Waals surface area contributed by atoms with Crippen LogP contribution in [0.5, 0.6) is 0 Å². The number of ether oxygens (including phenoxy) is 2. The molecule has 1 heterocycles. The van der Waals surface area contributed by atoms with Gasteiger partial charge in [-0.1, -0.05) is 20.8 Å². The van der Waals surface area contributed by atoms with Gasteiger partial charge in [0.25, 0.3) is 5.69 Å². The molecule has 6 nitrogen and oxygen atoms in total. The molecule has 0 saturated carbocycles. The van der Waals surface area contributed by atoms with E-state index in [9.17, 15) is 14.9 Å². The highest BCUT2D eigenvalue weighted by molar-refractivity contribution is 5.96. The van der Waals surface area contributed by atoms with Crippen LogP contribution in [0.2, 0.25) is 0 Å². The number of ketones is 1. The van der Waals surface area contributed by atoms with Gasteiger partial charge in [0, 0.05) is 35.4 Å². The van der Waals surface area contributed by atoms with E-state index < -0.39 is 4.92 Å². The topological polar surface area (TPSA) is 78.7 Å². The molecule has 1 atom stereocenters. The number of Topliss-reactive ketones (excluding diaryl/α,β-unsaturated/α-hetero) is 1. The van der Waals surface area contributed by atoms with Crippen LogP contribution in [-0.2, 0) is 9.47 Å². The highest BCUT2D eigenvalue weighted by Crippen LogP contribution is 2.28. The number of nitrogens with zero attached hydrogens (tertiary/aromatic N) is 1. The van der Waals surface area contributed by atoms with Gasteiger partial charge in [-0.15, -0.1) is 0 Å². The minimum absolute atomic E-state index is 0.0125. The second kappa shape index (κ2) is 7.19. The molecule has 2 rings (SSSR count). The van der Waals surface area contributed by atoms with Crippen molar-refractivity contribution in [1.29, 1.82) is 0 Å². The number of rotatable bonds is 6. The average Bonchev–Trinajstić information content (AvgIpc) is 2.52. The number of nitro groups is 1. The van der Waals surface area contributed by atoms with Crippen LogP contribution in [0, 0.1) is 21.4 Å². The van der Waals surface area contributed by atoms with Gasteiger partial charge in [-0.05, 0) is 18.6 Å². The average molecular weight is 321 g/mol. The third-order valence-electron chi connectivity index (χ3n) is 3.97. The molecule has 6 heteroatoms. The van der Waals surface area contributed by atoms with Crippen molar-refractivity contribution in [2.24, 2.45) is 11.3 Å². The van der Waals surface area contributed by atoms with Gasteiger partial charge in [0.1, 0.15) is 0 Å². The number of hydrogen-bond donors (Lipinski definition) is 0. The third kappa shape index (κ3) is 4.84. The zero-order valence-electron chi connectivity index (χ0n) is 13.8. The van der Waals surface area contributed by atoms with Gasteiger partial charge in [-0.25, -0.2) is 0 Å². The highest BCUT2D eigenvalue weighted by atomic mass is 16.7. The molecule has 1 fully saturated rings. The van der Waals surface area contributed by atoms with Gasteiger partial charge in [-0.3, -0.25) is 14.9 Å². The smallest absolute Gasteiger partial charge is 0.269 e. The largest absolute Gasteiger partial charge is 0.352 e. The maximum atomic E-state index is 12.2. The van der Waals surface area contributed by atoms with Crippen LogP contribution >= 0.6 is 0 Å². The molecule has 126 valence electrons. The Morgan fingerprint density at radius 1 is 1.30 bits per heavy atom. The normalized spacial score (nSPS) is 19.3. The first-order valence-corrected chi connectivity index (χ1v) is 7.79. The van der Waals surface area contributed by atoms with Gasteiger partial charge in [0.2, 0.25) is 0 Å². The predicted molar refractivity (Wildman–Crippen MR) is 85.3 cm³/mol. The minimum Gasteiger partial charge on any atom is -0.352 e. The monoisotopic (exact) mass is 321 g/mol. The lowest BCUT2D eigenvalue weighted by Crippen LogP contribution is -2.40. The Kier molecular flexibility index (Phi) is 5.49. The first kappa shape index (κ1) is 17.6. The Morgan fingerprint density at radius 3 is 2.39 bits per heavy atom. The number of non-ortho nitro benzene ring substituents is 1. The lowest BCUT2D eigenvalue weighted by Gasteiger charge is -2.37. The SMILES string of the molecule is CC(CCC(=O)c1ccc([N+](=O)[O-])cc1)C1OCC(C)(C)CO1. The van der Waals surface area contributed by atoms with Crippen molar-refractivity contribution in [3.8, 4) is 0 Å². The summed E-state index contributed by atoms with van der Waals surface area (Å²) in [6.07, 6.45) is 0.750. The quantitative estimate of drug-likeness (QED) is 0.454. The fraction of sp³-hybridized carbons (Fsp3) is 0.588. The molecule has 1 aromatic rings. The van der Waals surface area contributed by atoms with Gasteiger partial charge >= 0.3 is 0 Å². The van der Waals surface area contributed by atoms with Gasteiger partial charge in [0.15, 0.2) is 12.1 Å².